The molecule has 0 spiro atoms. The summed E-state index contributed by atoms with van der Waals surface area (Å²) in [6.45, 7) is 15.0. The number of nitrogens with zero attached hydrogens (tertiary/aromatic N) is 4. The highest BCUT2D eigenvalue weighted by Gasteiger charge is 2.31. The van der Waals surface area contributed by atoms with Gasteiger partial charge < -0.3 is 9.80 Å². The lowest BCUT2D eigenvalue weighted by Crippen LogP contribution is -2.50. The van der Waals surface area contributed by atoms with Crippen molar-refractivity contribution in [1.29, 1.82) is 0 Å². The zero-order valence-corrected chi connectivity index (χ0v) is 15.8. The second-order valence-electron chi connectivity index (χ2n) is 7.62. The number of piperazine rings is 1. The lowest BCUT2D eigenvalue weighted by molar-refractivity contribution is 0.107. The van der Waals surface area contributed by atoms with E-state index < -0.39 is 0 Å². The van der Waals surface area contributed by atoms with Gasteiger partial charge in [0, 0.05) is 56.9 Å². The molecule has 4 nitrogen and oxygen atoms in total. The molecule has 4 rings (SSSR count). The van der Waals surface area contributed by atoms with Crippen LogP contribution in [-0.4, -0.2) is 66.6 Å². The van der Waals surface area contributed by atoms with Crippen LogP contribution in [0.5, 0.6) is 0 Å². The first kappa shape index (κ1) is 16.8. The largest absolute Gasteiger partial charge is 0.369 e. The number of aromatic nitrogens is 1. The topological polar surface area (TPSA) is 22.6 Å². The van der Waals surface area contributed by atoms with E-state index in [1.807, 2.05) is 0 Å². The van der Waals surface area contributed by atoms with Gasteiger partial charge in [-0.1, -0.05) is 25.1 Å². The van der Waals surface area contributed by atoms with Crippen molar-refractivity contribution in [2.24, 2.45) is 0 Å². The van der Waals surface area contributed by atoms with Gasteiger partial charge >= 0.3 is 0 Å². The van der Waals surface area contributed by atoms with E-state index >= 15 is 0 Å². The fraction of sp³-hybridized carbons (Fsp3) is 0.571. The first-order valence-electron chi connectivity index (χ1n) is 9.73. The van der Waals surface area contributed by atoms with Gasteiger partial charge in [-0.05, 0) is 37.9 Å². The molecule has 2 fully saturated rings. The van der Waals surface area contributed by atoms with Crippen molar-refractivity contribution >= 4 is 16.6 Å². The molecule has 1 atom stereocenters. The summed E-state index contributed by atoms with van der Waals surface area (Å²) in [7, 11) is 0. The van der Waals surface area contributed by atoms with Gasteiger partial charge in [0.15, 0.2) is 0 Å². The van der Waals surface area contributed by atoms with Crippen LogP contribution in [-0.2, 0) is 0 Å². The summed E-state index contributed by atoms with van der Waals surface area (Å²) in [4.78, 5) is 12.6. The molecule has 0 bridgehead atoms. The Morgan fingerprint density at radius 2 is 1.84 bits per heavy atom. The maximum absolute atomic E-state index is 4.70. The second kappa shape index (κ2) is 6.93. The van der Waals surface area contributed by atoms with E-state index in [0.717, 1.165) is 18.6 Å². The van der Waals surface area contributed by atoms with E-state index in [4.69, 9.17) is 4.98 Å². The number of rotatable bonds is 3. The molecule has 3 heterocycles. The maximum Gasteiger partial charge on any atom is 0.0752 e. The number of hydrogen-bond acceptors (Lipinski definition) is 4. The number of fused-ring (bicyclic) bond motifs is 1. The molecular weight excluding hydrogens is 308 g/mol. The predicted molar refractivity (Wildman–Crippen MR) is 106 cm³/mol. The summed E-state index contributed by atoms with van der Waals surface area (Å²) in [5.41, 5.74) is 5.13. The standard InChI is InChI=1S/C21H30N4/c1-4-23-10-12-24(13-11-23)18-8-9-25(15-18)21-17(3)14-22-20-16(2)6-5-7-19(20)21/h5-7,14,18H,4,8-13,15H2,1-3H3/t18-/m0/s1. The molecule has 0 radical (unpaired) electrons. The SMILES string of the molecule is CCN1CCN([C@H]2CCN(c3c(C)cnc4c(C)cccc34)C2)CC1. The van der Waals surface area contributed by atoms with Crippen molar-refractivity contribution in [3.8, 4) is 0 Å². The number of pyridine rings is 1. The van der Waals surface area contributed by atoms with Gasteiger partial charge in [-0.2, -0.15) is 0 Å². The Morgan fingerprint density at radius 3 is 2.60 bits per heavy atom. The van der Waals surface area contributed by atoms with Crippen LogP contribution in [0.4, 0.5) is 5.69 Å². The maximum atomic E-state index is 4.70. The summed E-state index contributed by atoms with van der Waals surface area (Å²) in [5, 5.41) is 1.32. The highest BCUT2D eigenvalue weighted by Crippen LogP contribution is 2.33. The van der Waals surface area contributed by atoms with Crippen LogP contribution in [0, 0.1) is 13.8 Å². The van der Waals surface area contributed by atoms with E-state index in [1.165, 1.54) is 61.3 Å². The molecule has 4 heteroatoms. The molecule has 0 N–H and O–H groups in total. The van der Waals surface area contributed by atoms with Crippen LogP contribution in [0.2, 0.25) is 0 Å². The minimum atomic E-state index is 0.700. The third-order valence-corrected chi connectivity index (χ3v) is 6.10. The van der Waals surface area contributed by atoms with Gasteiger partial charge in [-0.25, -0.2) is 0 Å². The minimum absolute atomic E-state index is 0.700. The number of para-hydroxylation sites is 1. The van der Waals surface area contributed by atoms with Gasteiger partial charge in [0.2, 0.25) is 0 Å². The van der Waals surface area contributed by atoms with Gasteiger partial charge in [-0.3, -0.25) is 9.88 Å². The first-order valence-corrected chi connectivity index (χ1v) is 9.73. The number of hydrogen-bond donors (Lipinski definition) is 0. The van der Waals surface area contributed by atoms with Gasteiger partial charge in [-0.15, -0.1) is 0 Å². The second-order valence-corrected chi connectivity index (χ2v) is 7.62. The van der Waals surface area contributed by atoms with Gasteiger partial charge in [0.05, 0.1) is 11.2 Å². The molecule has 2 aliphatic heterocycles. The highest BCUT2D eigenvalue weighted by atomic mass is 15.3. The Balaban J connectivity index is 1.55. The molecule has 1 aromatic heterocycles. The van der Waals surface area contributed by atoms with Crippen LogP contribution in [0.15, 0.2) is 24.4 Å². The summed E-state index contributed by atoms with van der Waals surface area (Å²) >= 11 is 0. The Hall–Kier alpha value is -1.65. The Labute approximate surface area is 151 Å². The summed E-state index contributed by atoms with van der Waals surface area (Å²) in [6, 6.07) is 7.27. The van der Waals surface area contributed by atoms with Gasteiger partial charge in [0.25, 0.3) is 0 Å². The van der Waals surface area contributed by atoms with Crippen molar-refractivity contribution < 1.29 is 0 Å². The molecule has 2 aromatic rings. The fourth-order valence-electron chi connectivity index (χ4n) is 4.56. The lowest BCUT2D eigenvalue weighted by atomic mass is 10.1. The normalized spacial score (nSPS) is 22.8. The van der Waals surface area contributed by atoms with E-state index in [2.05, 4.69) is 59.9 Å². The average Bonchev–Trinajstić information content (AvgIpc) is 3.11. The predicted octanol–water partition coefficient (Wildman–Crippen LogP) is 3.07. The number of likely N-dealkylation sites (N-methyl/N-ethyl adjacent to an activating group) is 1. The average molecular weight is 338 g/mol. The molecule has 2 aliphatic rings. The highest BCUT2D eigenvalue weighted by molar-refractivity contribution is 5.95. The molecule has 134 valence electrons. The monoisotopic (exact) mass is 338 g/mol. The minimum Gasteiger partial charge on any atom is -0.369 e. The van der Waals surface area contributed by atoms with Crippen molar-refractivity contribution in [3.05, 3.63) is 35.5 Å². The third kappa shape index (κ3) is 3.13. The van der Waals surface area contributed by atoms with E-state index in [-0.39, 0.29) is 0 Å². The summed E-state index contributed by atoms with van der Waals surface area (Å²) < 4.78 is 0. The zero-order valence-electron chi connectivity index (χ0n) is 15.8. The Bertz CT molecular complexity index is 749. The molecular formula is C21H30N4. The van der Waals surface area contributed by atoms with Crippen LogP contribution in [0.25, 0.3) is 10.9 Å². The first-order chi connectivity index (χ1) is 12.2. The van der Waals surface area contributed by atoms with Crippen molar-refractivity contribution in [2.75, 3.05) is 50.7 Å². The molecule has 0 aliphatic carbocycles. The molecule has 25 heavy (non-hydrogen) atoms. The molecule has 1 aromatic carbocycles. The summed E-state index contributed by atoms with van der Waals surface area (Å²) in [5.74, 6) is 0. The molecule has 0 unspecified atom stereocenters. The van der Waals surface area contributed by atoms with Crippen molar-refractivity contribution in [2.45, 2.75) is 33.2 Å². The third-order valence-electron chi connectivity index (χ3n) is 6.10. The summed E-state index contributed by atoms with van der Waals surface area (Å²) in [6.07, 6.45) is 3.33. The number of anilines is 1. The van der Waals surface area contributed by atoms with Crippen LogP contribution >= 0.6 is 0 Å². The van der Waals surface area contributed by atoms with E-state index in [1.54, 1.807) is 0 Å². The van der Waals surface area contributed by atoms with Crippen molar-refractivity contribution in [3.63, 3.8) is 0 Å². The molecule has 0 amide bonds. The van der Waals surface area contributed by atoms with Gasteiger partial charge in [0.1, 0.15) is 0 Å². The van der Waals surface area contributed by atoms with Crippen LogP contribution < -0.4 is 4.90 Å². The Morgan fingerprint density at radius 1 is 1.04 bits per heavy atom. The molecule has 2 saturated heterocycles. The van der Waals surface area contributed by atoms with Crippen molar-refractivity contribution in [1.82, 2.24) is 14.8 Å². The van der Waals surface area contributed by atoms with Crippen LogP contribution in [0.3, 0.4) is 0 Å². The van der Waals surface area contributed by atoms with Crippen LogP contribution in [0.1, 0.15) is 24.5 Å². The quantitative estimate of drug-likeness (QED) is 0.858. The van der Waals surface area contributed by atoms with E-state index in [9.17, 15) is 0 Å². The molecule has 0 saturated carbocycles. The number of aryl methyl sites for hydroxylation is 2. The van der Waals surface area contributed by atoms with E-state index in [0.29, 0.717) is 6.04 Å². The lowest BCUT2D eigenvalue weighted by Gasteiger charge is -2.37. The fourth-order valence-corrected chi connectivity index (χ4v) is 4.56. The zero-order chi connectivity index (χ0) is 17.4. The Kier molecular flexibility index (Phi) is 4.65. The number of benzene rings is 1. The smallest absolute Gasteiger partial charge is 0.0752 e.